The average molecular weight is 238 g/mol. The van der Waals surface area contributed by atoms with E-state index in [1.54, 1.807) is 6.07 Å². The summed E-state index contributed by atoms with van der Waals surface area (Å²) in [5.41, 5.74) is -0.332. The molecule has 0 bridgehead atoms. The monoisotopic (exact) mass is 238 g/mol. The number of carboxylic acid groups (broad SMARTS) is 1. The first kappa shape index (κ1) is 11.9. The molecule has 1 saturated carbocycles. The standard InChI is InChI=1S/C13H15FO3/c1-3-13(12(15)16)7-10(13)9-6-8(17-2)4-5-11(9)14/h4-6,10H,3,7H2,1-2H3,(H,15,16). The number of ether oxygens (including phenoxy) is 1. The molecule has 1 fully saturated rings. The third-order valence-electron chi connectivity index (χ3n) is 3.71. The van der Waals surface area contributed by atoms with E-state index in [0.29, 0.717) is 24.2 Å². The largest absolute Gasteiger partial charge is 0.497 e. The van der Waals surface area contributed by atoms with E-state index in [0.717, 1.165) is 0 Å². The number of carboxylic acids is 1. The smallest absolute Gasteiger partial charge is 0.310 e. The molecule has 0 aromatic heterocycles. The highest BCUT2D eigenvalue weighted by atomic mass is 19.1. The first-order chi connectivity index (χ1) is 8.05. The van der Waals surface area contributed by atoms with Crippen molar-refractivity contribution in [2.45, 2.75) is 25.7 Å². The fraction of sp³-hybridized carbons (Fsp3) is 0.462. The molecule has 1 aliphatic carbocycles. The predicted octanol–water partition coefficient (Wildman–Crippen LogP) is 2.80. The lowest BCUT2D eigenvalue weighted by Gasteiger charge is -2.11. The molecule has 0 heterocycles. The van der Waals surface area contributed by atoms with E-state index < -0.39 is 11.4 Å². The van der Waals surface area contributed by atoms with Crippen LogP contribution in [0, 0.1) is 11.2 Å². The Balaban J connectivity index is 2.34. The van der Waals surface area contributed by atoms with Gasteiger partial charge in [-0.1, -0.05) is 6.92 Å². The van der Waals surface area contributed by atoms with Gasteiger partial charge in [-0.15, -0.1) is 0 Å². The normalized spacial score (nSPS) is 26.6. The Morgan fingerprint density at radius 1 is 1.65 bits per heavy atom. The number of benzene rings is 1. The lowest BCUT2D eigenvalue weighted by atomic mass is 9.96. The van der Waals surface area contributed by atoms with Crippen molar-refractivity contribution in [3.8, 4) is 5.75 Å². The number of halogens is 1. The third kappa shape index (κ3) is 1.77. The van der Waals surface area contributed by atoms with Gasteiger partial charge >= 0.3 is 5.97 Å². The number of hydrogen-bond acceptors (Lipinski definition) is 2. The molecule has 0 aliphatic heterocycles. The second-order valence-electron chi connectivity index (χ2n) is 4.46. The second kappa shape index (κ2) is 4.02. The quantitative estimate of drug-likeness (QED) is 0.877. The van der Waals surface area contributed by atoms with Gasteiger partial charge < -0.3 is 9.84 Å². The van der Waals surface area contributed by atoms with Gasteiger partial charge in [0.2, 0.25) is 0 Å². The van der Waals surface area contributed by atoms with E-state index in [-0.39, 0.29) is 11.7 Å². The summed E-state index contributed by atoms with van der Waals surface area (Å²) >= 11 is 0. The molecular formula is C13H15FO3. The topological polar surface area (TPSA) is 46.5 Å². The van der Waals surface area contributed by atoms with Gasteiger partial charge in [0.15, 0.2) is 0 Å². The molecule has 2 unspecified atom stereocenters. The molecule has 2 rings (SSSR count). The van der Waals surface area contributed by atoms with E-state index >= 15 is 0 Å². The Kier molecular flexibility index (Phi) is 2.81. The second-order valence-corrected chi connectivity index (χ2v) is 4.46. The summed E-state index contributed by atoms with van der Waals surface area (Å²) < 4.78 is 18.7. The molecule has 1 N–H and O–H groups in total. The van der Waals surface area contributed by atoms with Crippen LogP contribution in [0.25, 0.3) is 0 Å². The van der Waals surface area contributed by atoms with Crippen LogP contribution >= 0.6 is 0 Å². The van der Waals surface area contributed by atoms with Gasteiger partial charge in [-0.3, -0.25) is 4.79 Å². The summed E-state index contributed by atoms with van der Waals surface area (Å²) in [7, 11) is 1.51. The van der Waals surface area contributed by atoms with Gasteiger partial charge in [-0.05, 0) is 36.6 Å². The van der Waals surface area contributed by atoms with Crippen LogP contribution in [-0.2, 0) is 4.79 Å². The van der Waals surface area contributed by atoms with Crippen LogP contribution in [0.4, 0.5) is 4.39 Å². The minimum absolute atomic E-state index is 0.236. The lowest BCUT2D eigenvalue weighted by Crippen LogP contribution is -2.16. The fourth-order valence-corrected chi connectivity index (χ4v) is 2.41. The number of aliphatic carboxylic acids is 1. The van der Waals surface area contributed by atoms with Crippen LogP contribution in [0.3, 0.4) is 0 Å². The van der Waals surface area contributed by atoms with Crippen molar-refractivity contribution in [2.75, 3.05) is 7.11 Å². The van der Waals surface area contributed by atoms with Crippen LogP contribution in [0.5, 0.6) is 5.75 Å². The van der Waals surface area contributed by atoms with E-state index in [9.17, 15) is 14.3 Å². The van der Waals surface area contributed by atoms with Crippen molar-refractivity contribution in [3.05, 3.63) is 29.6 Å². The number of carbonyl (C=O) groups is 1. The van der Waals surface area contributed by atoms with Crippen LogP contribution in [-0.4, -0.2) is 18.2 Å². The first-order valence-corrected chi connectivity index (χ1v) is 5.62. The van der Waals surface area contributed by atoms with Gasteiger partial charge in [-0.25, -0.2) is 4.39 Å². The average Bonchev–Trinajstić information content (AvgIpc) is 3.05. The molecule has 0 spiro atoms. The molecule has 0 amide bonds. The Labute approximate surface area is 99.2 Å². The summed E-state index contributed by atoms with van der Waals surface area (Å²) in [4.78, 5) is 11.2. The van der Waals surface area contributed by atoms with E-state index in [2.05, 4.69) is 0 Å². The minimum atomic E-state index is -0.841. The van der Waals surface area contributed by atoms with E-state index in [1.807, 2.05) is 6.92 Å². The van der Waals surface area contributed by atoms with Crippen molar-refractivity contribution in [3.63, 3.8) is 0 Å². The zero-order valence-corrected chi connectivity index (χ0v) is 9.87. The molecule has 1 aromatic carbocycles. The van der Waals surface area contributed by atoms with Crippen LogP contribution < -0.4 is 4.74 Å². The molecule has 1 aromatic rings. The third-order valence-corrected chi connectivity index (χ3v) is 3.71. The predicted molar refractivity (Wildman–Crippen MR) is 60.7 cm³/mol. The molecule has 1 aliphatic rings. The zero-order chi connectivity index (χ0) is 12.6. The van der Waals surface area contributed by atoms with E-state index in [4.69, 9.17) is 4.74 Å². The SMILES string of the molecule is CCC1(C(=O)O)CC1c1cc(OC)ccc1F. The van der Waals surface area contributed by atoms with Gasteiger partial charge in [-0.2, -0.15) is 0 Å². The number of methoxy groups -OCH3 is 1. The highest BCUT2D eigenvalue weighted by Crippen LogP contribution is 2.62. The van der Waals surface area contributed by atoms with Crippen LogP contribution in [0.1, 0.15) is 31.2 Å². The summed E-state index contributed by atoms with van der Waals surface area (Å²) in [5, 5.41) is 9.20. The van der Waals surface area contributed by atoms with Gasteiger partial charge in [0.1, 0.15) is 11.6 Å². The molecule has 4 heteroatoms. The Bertz CT molecular complexity index is 458. The van der Waals surface area contributed by atoms with Crippen LogP contribution in [0.2, 0.25) is 0 Å². The Morgan fingerprint density at radius 3 is 2.82 bits per heavy atom. The highest BCUT2D eigenvalue weighted by Gasteiger charge is 2.60. The summed E-state index contributed by atoms with van der Waals surface area (Å²) in [5.74, 6) is -0.872. The maximum Gasteiger partial charge on any atom is 0.310 e. The molecule has 0 saturated heterocycles. The van der Waals surface area contributed by atoms with Gasteiger partial charge in [0.05, 0.1) is 12.5 Å². The molecule has 2 atom stereocenters. The van der Waals surface area contributed by atoms with Gasteiger partial charge in [0, 0.05) is 5.92 Å². The van der Waals surface area contributed by atoms with Crippen molar-refractivity contribution in [1.29, 1.82) is 0 Å². The van der Waals surface area contributed by atoms with Crippen molar-refractivity contribution in [2.24, 2.45) is 5.41 Å². The number of rotatable bonds is 4. The van der Waals surface area contributed by atoms with Crippen LogP contribution in [0.15, 0.2) is 18.2 Å². The molecule has 17 heavy (non-hydrogen) atoms. The Morgan fingerprint density at radius 2 is 2.35 bits per heavy atom. The van der Waals surface area contributed by atoms with Gasteiger partial charge in [0.25, 0.3) is 0 Å². The molecule has 3 nitrogen and oxygen atoms in total. The lowest BCUT2D eigenvalue weighted by molar-refractivity contribution is -0.143. The minimum Gasteiger partial charge on any atom is -0.497 e. The van der Waals surface area contributed by atoms with E-state index in [1.165, 1.54) is 19.2 Å². The maximum absolute atomic E-state index is 13.7. The Hall–Kier alpha value is -1.58. The molecule has 0 radical (unpaired) electrons. The summed E-state index contributed by atoms with van der Waals surface area (Å²) in [6, 6.07) is 4.46. The molecule has 92 valence electrons. The maximum atomic E-state index is 13.7. The first-order valence-electron chi connectivity index (χ1n) is 5.62. The zero-order valence-electron chi connectivity index (χ0n) is 9.87. The number of hydrogen-bond donors (Lipinski definition) is 1. The van der Waals surface area contributed by atoms with Crippen molar-refractivity contribution in [1.82, 2.24) is 0 Å². The van der Waals surface area contributed by atoms with Crippen molar-refractivity contribution >= 4 is 5.97 Å². The summed E-state index contributed by atoms with van der Waals surface area (Å²) in [6.45, 7) is 1.83. The van der Waals surface area contributed by atoms with Crippen molar-refractivity contribution < 1.29 is 19.0 Å². The fourth-order valence-electron chi connectivity index (χ4n) is 2.41. The summed E-state index contributed by atoms with van der Waals surface area (Å²) in [6.07, 6.45) is 1.02. The highest BCUT2D eigenvalue weighted by molar-refractivity contribution is 5.80. The molecular weight excluding hydrogens is 223 g/mol.